The van der Waals surface area contributed by atoms with Crippen LogP contribution in [0.5, 0.6) is 0 Å². The first-order valence-corrected chi connectivity index (χ1v) is 5.86. The Morgan fingerprint density at radius 2 is 2.00 bits per heavy atom. The van der Waals surface area contributed by atoms with E-state index in [-0.39, 0.29) is 18.8 Å². The van der Waals surface area contributed by atoms with E-state index in [9.17, 15) is 14.4 Å². The smallest absolute Gasteiger partial charge is 0.321 e. The first-order chi connectivity index (χ1) is 8.45. The summed E-state index contributed by atoms with van der Waals surface area (Å²) in [5, 5.41) is 13.2. The highest BCUT2D eigenvalue weighted by atomic mass is 16.4. The standard InChI is InChI=1S/C12H20N2O4/c1-3-4-5-6-13-12(18)14-10(15)7-9(2)8-11(16)17/h3,9H,1,4-8H2,2H3,(H,16,17)(H2,13,14,15,18). The van der Waals surface area contributed by atoms with Gasteiger partial charge in [-0.3, -0.25) is 14.9 Å². The fourth-order valence-electron chi connectivity index (χ4n) is 1.36. The third-order valence-electron chi connectivity index (χ3n) is 2.18. The molecule has 0 aromatic rings. The maximum atomic E-state index is 11.4. The number of carboxylic acids is 1. The molecule has 1 atom stereocenters. The molecule has 0 rings (SSSR count). The lowest BCUT2D eigenvalue weighted by molar-refractivity contribution is -0.138. The van der Waals surface area contributed by atoms with Gasteiger partial charge in [-0.05, 0) is 18.8 Å². The topological polar surface area (TPSA) is 95.5 Å². The molecule has 0 radical (unpaired) electrons. The van der Waals surface area contributed by atoms with E-state index in [4.69, 9.17) is 5.11 Å². The summed E-state index contributed by atoms with van der Waals surface area (Å²) in [5.41, 5.74) is 0. The minimum Gasteiger partial charge on any atom is -0.481 e. The van der Waals surface area contributed by atoms with Gasteiger partial charge in [0, 0.05) is 19.4 Å². The Balaban J connectivity index is 3.76. The molecule has 0 aliphatic heterocycles. The number of hydrogen-bond acceptors (Lipinski definition) is 3. The largest absolute Gasteiger partial charge is 0.481 e. The molecule has 3 N–H and O–H groups in total. The molecule has 3 amide bonds. The van der Waals surface area contributed by atoms with Gasteiger partial charge in [-0.25, -0.2) is 4.79 Å². The summed E-state index contributed by atoms with van der Waals surface area (Å²) in [6, 6.07) is -0.549. The molecular weight excluding hydrogens is 236 g/mol. The lowest BCUT2D eigenvalue weighted by Crippen LogP contribution is -2.40. The SMILES string of the molecule is C=CCCCNC(=O)NC(=O)CC(C)CC(=O)O. The Bertz CT molecular complexity index is 315. The third kappa shape index (κ3) is 9.38. The van der Waals surface area contributed by atoms with Crippen LogP contribution in [0.4, 0.5) is 4.79 Å². The van der Waals surface area contributed by atoms with Crippen LogP contribution in [-0.4, -0.2) is 29.6 Å². The van der Waals surface area contributed by atoms with Gasteiger partial charge in [-0.15, -0.1) is 6.58 Å². The monoisotopic (exact) mass is 256 g/mol. The average Bonchev–Trinajstić information content (AvgIpc) is 2.22. The number of allylic oxidation sites excluding steroid dienone is 1. The number of rotatable bonds is 8. The summed E-state index contributed by atoms with van der Waals surface area (Å²) in [4.78, 5) is 33.0. The molecule has 0 aliphatic rings. The molecule has 0 aromatic heterocycles. The van der Waals surface area contributed by atoms with E-state index in [1.165, 1.54) is 0 Å². The number of hydrogen-bond donors (Lipinski definition) is 3. The lowest BCUT2D eigenvalue weighted by atomic mass is 10.0. The average molecular weight is 256 g/mol. The van der Waals surface area contributed by atoms with Crippen LogP contribution in [0.15, 0.2) is 12.7 Å². The van der Waals surface area contributed by atoms with E-state index < -0.39 is 17.9 Å². The van der Waals surface area contributed by atoms with Crippen molar-refractivity contribution < 1.29 is 19.5 Å². The van der Waals surface area contributed by atoms with Gasteiger partial charge in [0.25, 0.3) is 0 Å². The minimum absolute atomic E-state index is 0.0202. The summed E-state index contributed by atoms with van der Waals surface area (Å²) in [6.07, 6.45) is 3.24. The van der Waals surface area contributed by atoms with Crippen LogP contribution in [0.1, 0.15) is 32.6 Å². The predicted molar refractivity (Wildman–Crippen MR) is 67.0 cm³/mol. The molecule has 0 spiro atoms. The van der Waals surface area contributed by atoms with Gasteiger partial charge < -0.3 is 10.4 Å². The van der Waals surface area contributed by atoms with Crippen LogP contribution >= 0.6 is 0 Å². The molecule has 0 aliphatic carbocycles. The van der Waals surface area contributed by atoms with E-state index in [1.807, 2.05) is 0 Å². The summed E-state index contributed by atoms with van der Waals surface area (Å²) in [5.74, 6) is -1.72. The molecular formula is C12H20N2O4. The van der Waals surface area contributed by atoms with E-state index >= 15 is 0 Å². The quantitative estimate of drug-likeness (QED) is 0.450. The van der Waals surface area contributed by atoms with Crippen molar-refractivity contribution in [2.75, 3.05) is 6.54 Å². The van der Waals surface area contributed by atoms with Crippen molar-refractivity contribution in [3.63, 3.8) is 0 Å². The van der Waals surface area contributed by atoms with Crippen molar-refractivity contribution in [1.82, 2.24) is 10.6 Å². The van der Waals surface area contributed by atoms with Crippen molar-refractivity contribution in [2.24, 2.45) is 5.92 Å². The molecule has 6 nitrogen and oxygen atoms in total. The second-order valence-corrected chi connectivity index (χ2v) is 4.14. The van der Waals surface area contributed by atoms with Crippen molar-refractivity contribution in [1.29, 1.82) is 0 Å². The van der Waals surface area contributed by atoms with Crippen molar-refractivity contribution in [2.45, 2.75) is 32.6 Å². The van der Waals surface area contributed by atoms with Gasteiger partial charge >= 0.3 is 12.0 Å². The highest BCUT2D eigenvalue weighted by Gasteiger charge is 2.14. The van der Waals surface area contributed by atoms with E-state index in [0.29, 0.717) is 6.54 Å². The van der Waals surface area contributed by atoms with Crippen LogP contribution in [0.3, 0.4) is 0 Å². The fourth-order valence-corrected chi connectivity index (χ4v) is 1.36. The summed E-state index contributed by atoms with van der Waals surface area (Å²) >= 11 is 0. The number of carboxylic acid groups (broad SMARTS) is 1. The Morgan fingerprint density at radius 3 is 2.56 bits per heavy atom. The van der Waals surface area contributed by atoms with Crippen molar-refractivity contribution in [3.8, 4) is 0 Å². The second-order valence-electron chi connectivity index (χ2n) is 4.14. The number of unbranched alkanes of at least 4 members (excludes halogenated alkanes) is 1. The van der Waals surface area contributed by atoms with E-state index in [0.717, 1.165) is 12.8 Å². The number of imide groups is 1. The molecule has 0 bridgehead atoms. The molecule has 102 valence electrons. The summed E-state index contributed by atoms with van der Waals surface area (Å²) in [6.45, 7) is 5.67. The molecule has 0 aromatic carbocycles. The van der Waals surface area contributed by atoms with Gasteiger partial charge in [0.1, 0.15) is 0 Å². The number of urea groups is 1. The van der Waals surface area contributed by atoms with Gasteiger partial charge in [-0.2, -0.15) is 0 Å². The van der Waals surface area contributed by atoms with Gasteiger partial charge in [0.2, 0.25) is 5.91 Å². The number of aliphatic carboxylic acids is 1. The predicted octanol–water partition coefficient (Wildman–Crippen LogP) is 1.28. The highest BCUT2D eigenvalue weighted by Crippen LogP contribution is 2.06. The molecule has 0 fully saturated rings. The van der Waals surface area contributed by atoms with Gasteiger partial charge in [0.15, 0.2) is 0 Å². The zero-order chi connectivity index (χ0) is 14.0. The number of carbonyl (C=O) groups excluding carboxylic acids is 2. The molecule has 18 heavy (non-hydrogen) atoms. The number of amides is 3. The lowest BCUT2D eigenvalue weighted by Gasteiger charge is -2.09. The van der Waals surface area contributed by atoms with Crippen LogP contribution in [0.25, 0.3) is 0 Å². The highest BCUT2D eigenvalue weighted by molar-refractivity contribution is 5.94. The van der Waals surface area contributed by atoms with Gasteiger partial charge in [-0.1, -0.05) is 13.0 Å². The summed E-state index contributed by atoms with van der Waals surface area (Å²) in [7, 11) is 0. The maximum absolute atomic E-state index is 11.4. The Kier molecular flexibility index (Phi) is 8.26. The molecule has 0 heterocycles. The Hall–Kier alpha value is -1.85. The second kappa shape index (κ2) is 9.21. The van der Waals surface area contributed by atoms with Crippen molar-refractivity contribution >= 4 is 17.9 Å². The van der Waals surface area contributed by atoms with Crippen LogP contribution < -0.4 is 10.6 Å². The first-order valence-electron chi connectivity index (χ1n) is 5.86. The van der Waals surface area contributed by atoms with E-state index in [1.54, 1.807) is 13.0 Å². The Morgan fingerprint density at radius 1 is 1.33 bits per heavy atom. The molecule has 0 saturated carbocycles. The van der Waals surface area contributed by atoms with Crippen LogP contribution in [-0.2, 0) is 9.59 Å². The van der Waals surface area contributed by atoms with E-state index in [2.05, 4.69) is 17.2 Å². The summed E-state index contributed by atoms with van der Waals surface area (Å²) < 4.78 is 0. The van der Waals surface area contributed by atoms with Gasteiger partial charge in [0.05, 0.1) is 0 Å². The fraction of sp³-hybridized carbons (Fsp3) is 0.583. The molecule has 1 unspecified atom stereocenters. The molecule has 6 heteroatoms. The minimum atomic E-state index is -0.954. The van der Waals surface area contributed by atoms with Crippen LogP contribution in [0.2, 0.25) is 0 Å². The number of carbonyl (C=O) groups is 3. The normalized spacial score (nSPS) is 11.4. The zero-order valence-corrected chi connectivity index (χ0v) is 10.6. The first kappa shape index (κ1) is 16.1. The zero-order valence-electron chi connectivity index (χ0n) is 10.6. The Labute approximate surface area is 106 Å². The third-order valence-corrected chi connectivity index (χ3v) is 2.18. The molecule has 0 saturated heterocycles. The van der Waals surface area contributed by atoms with Crippen LogP contribution in [0, 0.1) is 5.92 Å². The number of nitrogens with one attached hydrogen (secondary N) is 2. The maximum Gasteiger partial charge on any atom is 0.321 e. The van der Waals surface area contributed by atoms with Crippen molar-refractivity contribution in [3.05, 3.63) is 12.7 Å².